The van der Waals surface area contributed by atoms with Crippen LogP contribution in [0.4, 0.5) is 11.4 Å². The number of carbonyl (C=O) groups excluding carboxylic acids is 2. The number of hydrogen-bond acceptors (Lipinski definition) is 5. The van der Waals surface area contributed by atoms with Crippen LogP contribution in [0.2, 0.25) is 5.02 Å². The van der Waals surface area contributed by atoms with E-state index < -0.39 is 5.91 Å². The van der Waals surface area contributed by atoms with Gasteiger partial charge in [-0.2, -0.15) is 5.26 Å². The van der Waals surface area contributed by atoms with Gasteiger partial charge in [0.1, 0.15) is 11.6 Å². The highest BCUT2D eigenvalue weighted by molar-refractivity contribution is 6.33. The summed E-state index contributed by atoms with van der Waals surface area (Å²) in [5, 5.41) is 12.1. The highest BCUT2D eigenvalue weighted by atomic mass is 35.5. The number of halogens is 1. The van der Waals surface area contributed by atoms with Crippen LogP contribution in [0.1, 0.15) is 12.8 Å². The Hall–Kier alpha value is -2.72. The van der Waals surface area contributed by atoms with E-state index in [2.05, 4.69) is 5.32 Å². The summed E-state index contributed by atoms with van der Waals surface area (Å²) in [7, 11) is 0. The van der Waals surface area contributed by atoms with E-state index >= 15 is 0 Å². The summed E-state index contributed by atoms with van der Waals surface area (Å²) < 4.78 is 0. The highest BCUT2D eigenvalue weighted by Crippen LogP contribution is 2.23. The van der Waals surface area contributed by atoms with Gasteiger partial charge in [0, 0.05) is 30.9 Å². The Morgan fingerprint density at radius 2 is 2.04 bits per heavy atom. The largest absolute Gasteiger partial charge is 0.398 e. The average molecular weight is 348 g/mol. The van der Waals surface area contributed by atoms with Crippen molar-refractivity contribution < 1.29 is 9.59 Å². The van der Waals surface area contributed by atoms with Gasteiger partial charge in [-0.1, -0.05) is 11.6 Å². The summed E-state index contributed by atoms with van der Waals surface area (Å²) in [6, 6.07) is 6.58. The zero-order valence-electron chi connectivity index (χ0n) is 13.0. The molecule has 0 bridgehead atoms. The first kappa shape index (κ1) is 17.6. The summed E-state index contributed by atoms with van der Waals surface area (Å²) >= 11 is 5.90. The molecule has 24 heavy (non-hydrogen) atoms. The van der Waals surface area contributed by atoms with E-state index in [0.29, 0.717) is 42.3 Å². The molecule has 0 spiro atoms. The standard InChI is InChI=1S/C16H18ClN5O2/c17-13-7-12(1-2-14(13)19)21-16(24)11(8-18)9-22-5-3-10(4-6-22)15(20)23/h1-2,7,9-10H,3-6,19H2,(H2,20,23)(H,21,24)/b11-9-. The molecule has 2 amide bonds. The Morgan fingerprint density at radius 3 is 2.58 bits per heavy atom. The zero-order valence-corrected chi connectivity index (χ0v) is 13.7. The van der Waals surface area contributed by atoms with E-state index in [1.165, 1.54) is 12.3 Å². The number of nitrogens with one attached hydrogen (secondary N) is 1. The van der Waals surface area contributed by atoms with Crippen molar-refractivity contribution >= 4 is 34.8 Å². The molecule has 1 saturated heterocycles. The molecule has 8 heteroatoms. The lowest BCUT2D eigenvalue weighted by atomic mass is 9.96. The number of primary amides is 1. The number of rotatable bonds is 4. The molecule has 1 heterocycles. The van der Waals surface area contributed by atoms with Gasteiger partial charge in [-0.25, -0.2) is 0 Å². The molecule has 0 aromatic heterocycles. The molecule has 7 nitrogen and oxygen atoms in total. The SMILES string of the molecule is N#C/C(=C/N1CCC(C(N)=O)CC1)C(=O)Nc1ccc(N)c(Cl)c1. The highest BCUT2D eigenvalue weighted by Gasteiger charge is 2.22. The Morgan fingerprint density at radius 1 is 1.38 bits per heavy atom. The molecule has 0 atom stereocenters. The van der Waals surface area contributed by atoms with Crippen molar-refractivity contribution in [2.75, 3.05) is 24.1 Å². The van der Waals surface area contributed by atoms with Crippen LogP contribution in [0.5, 0.6) is 0 Å². The fraction of sp³-hybridized carbons (Fsp3) is 0.312. The average Bonchev–Trinajstić information content (AvgIpc) is 2.56. The third-order valence-electron chi connectivity index (χ3n) is 3.87. The van der Waals surface area contributed by atoms with E-state index in [0.717, 1.165) is 0 Å². The van der Waals surface area contributed by atoms with Crippen molar-refractivity contribution in [3.8, 4) is 6.07 Å². The summed E-state index contributed by atoms with van der Waals surface area (Å²) in [6.07, 6.45) is 2.73. The van der Waals surface area contributed by atoms with Crippen molar-refractivity contribution in [3.63, 3.8) is 0 Å². The van der Waals surface area contributed by atoms with Gasteiger partial charge < -0.3 is 21.7 Å². The lowest BCUT2D eigenvalue weighted by Crippen LogP contribution is -2.36. The predicted molar refractivity (Wildman–Crippen MR) is 91.7 cm³/mol. The second-order valence-corrected chi connectivity index (χ2v) is 5.96. The quantitative estimate of drug-likeness (QED) is 0.432. The van der Waals surface area contributed by atoms with E-state index in [1.54, 1.807) is 12.1 Å². The monoisotopic (exact) mass is 347 g/mol. The van der Waals surface area contributed by atoms with Crippen molar-refractivity contribution in [2.45, 2.75) is 12.8 Å². The van der Waals surface area contributed by atoms with Gasteiger partial charge in [-0.3, -0.25) is 9.59 Å². The van der Waals surface area contributed by atoms with Gasteiger partial charge in [0.15, 0.2) is 0 Å². The van der Waals surface area contributed by atoms with E-state index in [4.69, 9.17) is 23.1 Å². The molecule has 1 aromatic carbocycles. The fourth-order valence-corrected chi connectivity index (χ4v) is 2.62. The van der Waals surface area contributed by atoms with Crippen molar-refractivity contribution in [2.24, 2.45) is 11.7 Å². The third-order valence-corrected chi connectivity index (χ3v) is 4.19. The molecule has 0 saturated carbocycles. The van der Waals surface area contributed by atoms with Crippen molar-refractivity contribution in [1.29, 1.82) is 5.26 Å². The second kappa shape index (κ2) is 7.70. The number of piperidine rings is 1. The number of benzene rings is 1. The normalized spacial score (nSPS) is 15.7. The number of nitrogen functional groups attached to an aromatic ring is 1. The molecule has 2 rings (SSSR count). The zero-order chi connectivity index (χ0) is 17.7. The molecule has 5 N–H and O–H groups in total. The first-order valence-corrected chi connectivity index (χ1v) is 7.80. The minimum Gasteiger partial charge on any atom is -0.398 e. The topological polar surface area (TPSA) is 125 Å². The van der Waals surface area contributed by atoms with Gasteiger partial charge in [0.2, 0.25) is 5.91 Å². The Bertz CT molecular complexity index is 718. The third kappa shape index (κ3) is 4.40. The van der Waals surface area contributed by atoms with E-state index in [1.807, 2.05) is 11.0 Å². The van der Waals surface area contributed by atoms with Crippen LogP contribution in [-0.2, 0) is 9.59 Å². The summed E-state index contributed by atoms with van der Waals surface area (Å²) in [5.74, 6) is -0.988. The molecule has 0 unspecified atom stereocenters. The first-order valence-electron chi connectivity index (χ1n) is 7.42. The summed E-state index contributed by atoms with van der Waals surface area (Å²) in [5.41, 5.74) is 11.7. The number of anilines is 2. The molecule has 1 fully saturated rings. The van der Waals surface area contributed by atoms with Gasteiger partial charge in [-0.05, 0) is 31.0 Å². The smallest absolute Gasteiger partial charge is 0.267 e. The van der Waals surface area contributed by atoms with Crippen LogP contribution in [0.3, 0.4) is 0 Å². The number of carbonyl (C=O) groups is 2. The molecule has 0 aliphatic carbocycles. The van der Waals surface area contributed by atoms with Gasteiger partial charge in [0.05, 0.1) is 10.7 Å². The number of nitriles is 1. The molecule has 1 aliphatic heterocycles. The number of amides is 2. The van der Waals surface area contributed by atoms with Crippen molar-refractivity contribution in [3.05, 3.63) is 35.0 Å². The minimum atomic E-state index is -0.532. The number of nitrogens with two attached hydrogens (primary N) is 2. The van der Waals surface area contributed by atoms with Crippen LogP contribution in [0.15, 0.2) is 30.0 Å². The number of nitrogens with zero attached hydrogens (tertiary/aromatic N) is 2. The molecule has 126 valence electrons. The maximum absolute atomic E-state index is 12.2. The molecular formula is C16H18ClN5O2. The summed E-state index contributed by atoms with van der Waals surface area (Å²) in [4.78, 5) is 25.2. The van der Waals surface area contributed by atoms with Crippen LogP contribution >= 0.6 is 11.6 Å². The van der Waals surface area contributed by atoms with Crippen LogP contribution < -0.4 is 16.8 Å². The maximum Gasteiger partial charge on any atom is 0.267 e. The first-order chi connectivity index (χ1) is 11.4. The molecule has 1 aromatic rings. The van der Waals surface area contributed by atoms with Crippen LogP contribution in [-0.4, -0.2) is 29.8 Å². The lowest BCUT2D eigenvalue weighted by molar-refractivity contribution is -0.123. The second-order valence-electron chi connectivity index (χ2n) is 5.56. The van der Waals surface area contributed by atoms with E-state index in [-0.39, 0.29) is 17.4 Å². The minimum absolute atomic E-state index is 0.0273. The van der Waals surface area contributed by atoms with Crippen LogP contribution in [0.25, 0.3) is 0 Å². The maximum atomic E-state index is 12.2. The van der Waals surface area contributed by atoms with Crippen LogP contribution in [0, 0.1) is 17.2 Å². The molecular weight excluding hydrogens is 330 g/mol. The Kier molecular flexibility index (Phi) is 5.66. The summed E-state index contributed by atoms with van der Waals surface area (Å²) in [6.45, 7) is 1.14. The van der Waals surface area contributed by atoms with Gasteiger partial charge in [-0.15, -0.1) is 0 Å². The predicted octanol–water partition coefficient (Wildman–Crippen LogP) is 1.47. The van der Waals surface area contributed by atoms with Gasteiger partial charge in [0.25, 0.3) is 5.91 Å². The fourth-order valence-electron chi connectivity index (χ4n) is 2.44. The Labute approximate surface area is 144 Å². The molecule has 0 radical (unpaired) electrons. The molecule has 1 aliphatic rings. The lowest BCUT2D eigenvalue weighted by Gasteiger charge is -2.29. The van der Waals surface area contributed by atoms with Gasteiger partial charge >= 0.3 is 0 Å². The number of likely N-dealkylation sites (tertiary alicyclic amines) is 1. The number of hydrogen-bond donors (Lipinski definition) is 3. The Balaban J connectivity index is 2.02. The van der Waals surface area contributed by atoms with E-state index in [9.17, 15) is 14.9 Å². The van der Waals surface area contributed by atoms with Crippen molar-refractivity contribution in [1.82, 2.24) is 4.90 Å².